The first kappa shape index (κ1) is 24.1. The van der Waals surface area contributed by atoms with Crippen LogP contribution in [0.15, 0.2) is 75.6 Å². The van der Waals surface area contributed by atoms with Crippen molar-refractivity contribution in [2.75, 3.05) is 25.4 Å². The monoisotopic (exact) mass is 546 g/mol. The molecule has 1 aliphatic carbocycles. The summed E-state index contributed by atoms with van der Waals surface area (Å²) in [6.45, 7) is 0.374. The second-order valence-electron chi connectivity index (χ2n) is 8.94. The highest BCUT2D eigenvalue weighted by molar-refractivity contribution is 9.10. The number of fused-ring (bicyclic) bond motifs is 3. The van der Waals surface area contributed by atoms with Gasteiger partial charge in [0.1, 0.15) is 12.4 Å². The van der Waals surface area contributed by atoms with Crippen LogP contribution < -0.4 is 10.5 Å². The van der Waals surface area contributed by atoms with Crippen LogP contribution in [0.2, 0.25) is 0 Å². The summed E-state index contributed by atoms with van der Waals surface area (Å²) in [5.41, 5.74) is 9.43. The molecule has 0 saturated carbocycles. The van der Waals surface area contributed by atoms with Crippen molar-refractivity contribution in [3.63, 3.8) is 0 Å². The molecule has 0 bridgehead atoms. The van der Waals surface area contributed by atoms with Gasteiger partial charge in [0.15, 0.2) is 17.1 Å². The Hall–Kier alpha value is -3.58. The molecule has 1 aliphatic rings. The van der Waals surface area contributed by atoms with E-state index in [0.717, 1.165) is 40.5 Å². The number of aryl methyl sites for hydroxylation is 2. The number of hydrogen-bond acceptors (Lipinski definition) is 5. The van der Waals surface area contributed by atoms with E-state index < -0.39 is 0 Å². The smallest absolute Gasteiger partial charge is 0.254 e. The van der Waals surface area contributed by atoms with E-state index in [2.05, 4.69) is 22.0 Å². The number of benzene rings is 3. The molecule has 0 spiro atoms. The molecule has 0 saturated heterocycles. The van der Waals surface area contributed by atoms with Gasteiger partial charge in [0.05, 0.1) is 13.1 Å². The van der Waals surface area contributed by atoms with E-state index in [-0.39, 0.29) is 31.4 Å². The van der Waals surface area contributed by atoms with E-state index in [4.69, 9.17) is 14.9 Å². The van der Waals surface area contributed by atoms with Crippen LogP contribution in [0.4, 0.5) is 5.69 Å². The largest absolute Gasteiger partial charge is 0.488 e. The molecule has 0 unspecified atom stereocenters. The summed E-state index contributed by atoms with van der Waals surface area (Å²) in [6, 6.07) is 19.9. The van der Waals surface area contributed by atoms with Crippen LogP contribution >= 0.6 is 15.9 Å². The van der Waals surface area contributed by atoms with Gasteiger partial charge in [-0.15, -0.1) is 0 Å². The average molecular weight is 547 g/mol. The zero-order chi connectivity index (χ0) is 25.1. The fraction of sp³-hybridized carbons (Fsp3) is 0.241. The normalized spacial score (nSPS) is 12.8. The Labute approximate surface area is 218 Å². The number of nitrogen functional groups attached to an aromatic ring is 1. The fourth-order valence-corrected chi connectivity index (χ4v) is 4.88. The van der Waals surface area contributed by atoms with Gasteiger partial charge in [-0.05, 0) is 65.5 Å². The molecule has 0 radical (unpaired) electrons. The van der Waals surface area contributed by atoms with E-state index >= 15 is 0 Å². The molecule has 1 heterocycles. The summed E-state index contributed by atoms with van der Waals surface area (Å²) in [5, 5.41) is 1.10. The number of Topliss-reactive ketones (excluding diaryl/α,β-unsaturated/α-hetero) is 1. The number of rotatable bonds is 8. The zero-order valence-corrected chi connectivity index (χ0v) is 21.4. The molecule has 1 aromatic heterocycles. The quantitative estimate of drug-likeness (QED) is 0.214. The summed E-state index contributed by atoms with van der Waals surface area (Å²) in [4.78, 5) is 27.9. The van der Waals surface area contributed by atoms with Crippen LogP contribution in [0.3, 0.4) is 0 Å². The molecular weight excluding hydrogens is 520 g/mol. The highest BCUT2D eigenvalue weighted by atomic mass is 79.9. The van der Waals surface area contributed by atoms with Gasteiger partial charge < -0.3 is 19.8 Å². The van der Waals surface area contributed by atoms with Crippen LogP contribution in [0, 0.1) is 0 Å². The highest BCUT2D eigenvalue weighted by Gasteiger charge is 2.22. The number of halogens is 1. The third-order valence-electron chi connectivity index (χ3n) is 6.53. The molecule has 0 atom stereocenters. The molecule has 6 nitrogen and oxygen atoms in total. The van der Waals surface area contributed by atoms with Gasteiger partial charge in [0, 0.05) is 38.7 Å². The van der Waals surface area contributed by atoms with E-state index in [1.807, 2.05) is 18.2 Å². The minimum atomic E-state index is -0.232. The maximum Gasteiger partial charge on any atom is 0.254 e. The lowest BCUT2D eigenvalue weighted by Crippen LogP contribution is -2.38. The fourth-order valence-electron chi connectivity index (χ4n) is 4.63. The average Bonchev–Trinajstić information content (AvgIpc) is 3.29. The topological polar surface area (TPSA) is 85.8 Å². The van der Waals surface area contributed by atoms with Crippen LogP contribution in [-0.4, -0.2) is 36.3 Å². The third-order valence-corrected chi connectivity index (χ3v) is 7.25. The zero-order valence-electron chi connectivity index (χ0n) is 19.8. The van der Waals surface area contributed by atoms with Crippen LogP contribution in [0.5, 0.6) is 5.75 Å². The SMILES string of the molecule is Nc1cc(C(=O)CN(CCOc2cccc3c4c(oc23)CCCC4)C(=O)c2ccccc2)ccc1Br. The Balaban J connectivity index is 1.34. The lowest BCUT2D eigenvalue weighted by molar-refractivity contribution is 0.0686. The second kappa shape index (κ2) is 10.6. The van der Waals surface area contributed by atoms with Gasteiger partial charge >= 0.3 is 0 Å². The molecular formula is C29H27BrN2O4. The second-order valence-corrected chi connectivity index (χ2v) is 9.80. The molecule has 3 aromatic carbocycles. The molecule has 4 aromatic rings. The minimum absolute atomic E-state index is 0.0859. The minimum Gasteiger partial charge on any atom is -0.488 e. The summed E-state index contributed by atoms with van der Waals surface area (Å²) in [5.74, 6) is 1.28. The summed E-state index contributed by atoms with van der Waals surface area (Å²) >= 11 is 3.35. The summed E-state index contributed by atoms with van der Waals surface area (Å²) < 4.78 is 13.0. The number of para-hydroxylation sites is 1. The van der Waals surface area contributed by atoms with E-state index in [1.165, 1.54) is 16.9 Å². The maximum absolute atomic E-state index is 13.3. The van der Waals surface area contributed by atoms with Crippen molar-refractivity contribution in [2.24, 2.45) is 0 Å². The first-order valence-corrected chi connectivity index (χ1v) is 12.9. The number of amides is 1. The standard InChI is InChI=1S/C29H27BrN2O4/c30-23-14-13-20(17-24(23)31)25(33)18-32(29(34)19-7-2-1-3-8-19)15-16-35-27-12-6-10-22-21-9-4-5-11-26(21)36-28(22)27/h1-3,6-8,10,12-14,17H,4-5,9,11,15-16,18,31H2. The van der Waals surface area contributed by atoms with Crippen LogP contribution in [0.1, 0.15) is 44.9 Å². The molecule has 1 amide bonds. The Morgan fingerprint density at radius 3 is 2.58 bits per heavy atom. The summed E-state index contributed by atoms with van der Waals surface area (Å²) in [7, 11) is 0. The first-order chi connectivity index (χ1) is 17.5. The van der Waals surface area contributed by atoms with Gasteiger partial charge in [-0.25, -0.2) is 0 Å². The number of carbonyl (C=O) groups is 2. The van der Waals surface area contributed by atoms with Crippen molar-refractivity contribution >= 4 is 44.3 Å². The molecule has 36 heavy (non-hydrogen) atoms. The van der Waals surface area contributed by atoms with Crippen molar-refractivity contribution in [1.29, 1.82) is 0 Å². The van der Waals surface area contributed by atoms with E-state index in [9.17, 15) is 9.59 Å². The maximum atomic E-state index is 13.3. The van der Waals surface area contributed by atoms with E-state index in [0.29, 0.717) is 22.6 Å². The third kappa shape index (κ3) is 5.02. The van der Waals surface area contributed by atoms with Crippen molar-refractivity contribution in [2.45, 2.75) is 25.7 Å². The number of ether oxygens (including phenoxy) is 1. The number of nitrogens with two attached hydrogens (primary N) is 1. The number of hydrogen-bond donors (Lipinski definition) is 1. The molecule has 5 rings (SSSR count). The molecule has 2 N–H and O–H groups in total. The van der Waals surface area contributed by atoms with Gasteiger partial charge in [-0.3, -0.25) is 9.59 Å². The Bertz CT molecular complexity index is 1410. The van der Waals surface area contributed by atoms with Crippen molar-refractivity contribution in [1.82, 2.24) is 4.90 Å². The predicted octanol–water partition coefficient (Wildman–Crippen LogP) is 6.06. The van der Waals surface area contributed by atoms with Gasteiger partial charge in [0.2, 0.25) is 0 Å². The molecule has 7 heteroatoms. The van der Waals surface area contributed by atoms with Crippen molar-refractivity contribution < 1.29 is 18.7 Å². The highest BCUT2D eigenvalue weighted by Crippen LogP contribution is 2.36. The Morgan fingerprint density at radius 1 is 0.972 bits per heavy atom. The first-order valence-electron chi connectivity index (χ1n) is 12.1. The predicted molar refractivity (Wildman–Crippen MR) is 144 cm³/mol. The van der Waals surface area contributed by atoms with Gasteiger partial charge in [0.25, 0.3) is 5.91 Å². The van der Waals surface area contributed by atoms with Crippen molar-refractivity contribution in [3.05, 3.63) is 93.7 Å². The lowest BCUT2D eigenvalue weighted by Gasteiger charge is -2.22. The van der Waals surface area contributed by atoms with Crippen molar-refractivity contribution in [3.8, 4) is 5.75 Å². The molecule has 0 fully saturated rings. The number of anilines is 1. The molecule has 184 valence electrons. The van der Waals surface area contributed by atoms with Crippen LogP contribution in [0.25, 0.3) is 11.0 Å². The summed E-state index contributed by atoms with van der Waals surface area (Å²) in [6.07, 6.45) is 4.28. The Morgan fingerprint density at radius 2 is 1.78 bits per heavy atom. The van der Waals surface area contributed by atoms with Gasteiger partial charge in [-0.2, -0.15) is 0 Å². The van der Waals surface area contributed by atoms with E-state index in [1.54, 1.807) is 42.5 Å². The molecule has 0 aliphatic heterocycles. The number of carbonyl (C=O) groups excluding carboxylic acids is 2. The number of nitrogens with zero attached hydrogens (tertiary/aromatic N) is 1. The number of ketones is 1. The van der Waals surface area contributed by atoms with Crippen LogP contribution in [-0.2, 0) is 12.8 Å². The van der Waals surface area contributed by atoms with Gasteiger partial charge in [-0.1, -0.05) is 36.4 Å². The number of furan rings is 1. The Kier molecular flexibility index (Phi) is 7.09. The lowest BCUT2D eigenvalue weighted by atomic mass is 9.96.